The predicted octanol–water partition coefficient (Wildman–Crippen LogP) is 5.28. The van der Waals surface area contributed by atoms with Crippen molar-refractivity contribution in [3.63, 3.8) is 0 Å². The first-order valence-corrected chi connectivity index (χ1v) is 13.6. The van der Waals surface area contributed by atoms with Gasteiger partial charge in [0.1, 0.15) is 0 Å². The molecule has 0 unspecified atom stereocenters. The number of alkyl halides is 3. The van der Waals surface area contributed by atoms with E-state index in [9.17, 15) is 18.0 Å². The van der Waals surface area contributed by atoms with Gasteiger partial charge in [-0.25, -0.2) is 5.43 Å². The quantitative estimate of drug-likeness (QED) is 0.215. The molecule has 226 valence electrons. The number of amides is 1. The van der Waals surface area contributed by atoms with Gasteiger partial charge in [0.15, 0.2) is 0 Å². The van der Waals surface area contributed by atoms with Gasteiger partial charge in [0.25, 0.3) is 5.91 Å². The van der Waals surface area contributed by atoms with Gasteiger partial charge < -0.3 is 16.0 Å². The summed E-state index contributed by atoms with van der Waals surface area (Å²) >= 11 is 0. The summed E-state index contributed by atoms with van der Waals surface area (Å²) in [6.07, 6.45) is 0.981. The van der Waals surface area contributed by atoms with Crippen LogP contribution < -0.4 is 26.4 Å². The highest BCUT2D eigenvalue weighted by Crippen LogP contribution is 2.35. The highest BCUT2D eigenvalue weighted by Gasteiger charge is 2.32. The molecule has 2 aromatic carbocycles. The number of pyridine rings is 1. The van der Waals surface area contributed by atoms with Crippen molar-refractivity contribution in [2.75, 3.05) is 35.9 Å². The Morgan fingerprint density at radius 3 is 2.51 bits per heavy atom. The maximum absolute atomic E-state index is 13.8. The summed E-state index contributed by atoms with van der Waals surface area (Å²) in [6.45, 7) is 4.21. The van der Waals surface area contributed by atoms with E-state index in [-0.39, 0.29) is 11.3 Å². The Labute approximate surface area is 248 Å². The zero-order chi connectivity index (χ0) is 31.3. The number of rotatable bonds is 10. The van der Waals surface area contributed by atoms with Crippen molar-refractivity contribution in [2.24, 2.45) is 12.8 Å². The zero-order valence-electron chi connectivity index (χ0n) is 24.7. The van der Waals surface area contributed by atoms with Crippen molar-refractivity contribution < 1.29 is 18.0 Å². The van der Waals surface area contributed by atoms with Crippen LogP contribution in [-0.4, -0.2) is 41.3 Å². The molecule has 4 aromatic rings. The molecule has 0 aliphatic carbocycles. The third-order valence-electron chi connectivity index (χ3n) is 7.16. The number of nitrogens with one attached hydrogen (secondary N) is 2. The fraction of sp³-hybridized carbons (Fsp3) is 0.258. The van der Waals surface area contributed by atoms with Crippen LogP contribution in [0.2, 0.25) is 0 Å². The number of benzene rings is 2. The van der Waals surface area contributed by atoms with Crippen LogP contribution in [0.15, 0.2) is 73.2 Å². The standard InChI is InChI=1S/C31H35F3N8O/c1-20-9-10-22(14-29(20)42(36-3)19-28(35)27-18-38-41(5)21(27)2)30(43)39-25-15-23(31(32,33)34)16-26(17-25)40(4)13-11-24-8-6-7-12-37-24/h6-10,12,14-19,36H,11,13,35H2,1-5H3,(H,39,43)/b28-19-. The number of anilines is 3. The molecular formula is C31H35F3N8O. The molecule has 0 radical (unpaired) electrons. The second-order valence-electron chi connectivity index (χ2n) is 10.2. The Hall–Kier alpha value is -4.84. The monoisotopic (exact) mass is 592 g/mol. The minimum atomic E-state index is -4.60. The van der Waals surface area contributed by atoms with Crippen LogP contribution in [0, 0.1) is 13.8 Å². The lowest BCUT2D eigenvalue weighted by molar-refractivity contribution is -0.137. The predicted molar refractivity (Wildman–Crippen MR) is 163 cm³/mol. The fourth-order valence-electron chi connectivity index (χ4n) is 4.48. The maximum atomic E-state index is 13.8. The largest absolute Gasteiger partial charge is 0.416 e. The van der Waals surface area contributed by atoms with Crippen molar-refractivity contribution in [3.8, 4) is 0 Å². The van der Waals surface area contributed by atoms with E-state index in [0.29, 0.717) is 30.0 Å². The molecule has 0 bridgehead atoms. The Kier molecular flexibility index (Phi) is 9.40. The average Bonchev–Trinajstić information content (AvgIpc) is 3.32. The normalized spacial score (nSPS) is 11.9. The highest BCUT2D eigenvalue weighted by atomic mass is 19.4. The van der Waals surface area contributed by atoms with Gasteiger partial charge in [-0.1, -0.05) is 12.1 Å². The number of nitrogens with zero attached hydrogens (tertiary/aromatic N) is 5. The minimum Gasteiger partial charge on any atom is -0.397 e. The van der Waals surface area contributed by atoms with Crippen molar-refractivity contribution in [3.05, 3.63) is 107 Å². The van der Waals surface area contributed by atoms with Gasteiger partial charge in [-0.05, 0) is 61.9 Å². The van der Waals surface area contributed by atoms with E-state index in [4.69, 9.17) is 5.73 Å². The number of likely N-dealkylation sites (N-methyl/N-ethyl adjacent to an activating group) is 1. The first-order valence-electron chi connectivity index (χ1n) is 13.6. The number of hydrogen-bond acceptors (Lipinski definition) is 7. The number of aromatic nitrogens is 3. The van der Waals surface area contributed by atoms with Gasteiger partial charge in [-0.15, -0.1) is 0 Å². The van der Waals surface area contributed by atoms with Gasteiger partial charge in [0.2, 0.25) is 0 Å². The molecule has 2 heterocycles. The molecule has 0 fully saturated rings. The van der Waals surface area contributed by atoms with Crippen LogP contribution in [0.3, 0.4) is 0 Å². The van der Waals surface area contributed by atoms with Crippen molar-refractivity contribution in [1.29, 1.82) is 0 Å². The van der Waals surface area contributed by atoms with Gasteiger partial charge >= 0.3 is 6.18 Å². The molecule has 4 N–H and O–H groups in total. The number of carbonyl (C=O) groups excluding carboxylic acids is 1. The van der Waals surface area contributed by atoms with Crippen LogP contribution in [0.5, 0.6) is 0 Å². The molecule has 0 saturated carbocycles. The first-order chi connectivity index (χ1) is 20.4. The Morgan fingerprint density at radius 1 is 1.12 bits per heavy atom. The van der Waals surface area contributed by atoms with Crippen molar-refractivity contribution in [1.82, 2.24) is 20.2 Å². The molecule has 9 nitrogen and oxygen atoms in total. The third-order valence-corrected chi connectivity index (χ3v) is 7.16. The number of aryl methyl sites for hydroxylation is 2. The van der Waals surface area contributed by atoms with Crippen LogP contribution >= 0.6 is 0 Å². The molecule has 43 heavy (non-hydrogen) atoms. The van der Waals surface area contributed by atoms with E-state index >= 15 is 0 Å². The van der Waals surface area contributed by atoms with Crippen molar-refractivity contribution in [2.45, 2.75) is 26.4 Å². The zero-order valence-corrected chi connectivity index (χ0v) is 24.7. The van der Waals surface area contributed by atoms with E-state index in [1.54, 1.807) is 71.5 Å². The summed E-state index contributed by atoms with van der Waals surface area (Å²) in [5.74, 6) is -0.557. The van der Waals surface area contributed by atoms with E-state index < -0.39 is 17.6 Å². The average molecular weight is 593 g/mol. The lowest BCUT2D eigenvalue weighted by atomic mass is 10.1. The topological polar surface area (TPSA) is 104 Å². The van der Waals surface area contributed by atoms with E-state index in [2.05, 4.69) is 20.8 Å². The fourth-order valence-corrected chi connectivity index (χ4v) is 4.48. The molecule has 0 aliphatic heterocycles. The smallest absolute Gasteiger partial charge is 0.397 e. The van der Waals surface area contributed by atoms with E-state index in [1.807, 2.05) is 33.0 Å². The second kappa shape index (κ2) is 13.0. The number of nitrogens with two attached hydrogens (primary N) is 1. The molecule has 12 heteroatoms. The number of carbonyl (C=O) groups is 1. The van der Waals surface area contributed by atoms with Gasteiger partial charge in [0, 0.05) is 80.4 Å². The van der Waals surface area contributed by atoms with Crippen LogP contribution in [-0.2, 0) is 19.6 Å². The molecule has 0 saturated heterocycles. The highest BCUT2D eigenvalue weighted by molar-refractivity contribution is 6.05. The van der Waals surface area contributed by atoms with Gasteiger partial charge in [0.05, 0.1) is 23.1 Å². The Bertz CT molecular complexity index is 1620. The molecule has 0 aliphatic rings. The Morgan fingerprint density at radius 2 is 1.88 bits per heavy atom. The van der Waals surface area contributed by atoms with Gasteiger partial charge in [-0.3, -0.25) is 19.5 Å². The molecule has 0 atom stereocenters. The first kappa shape index (κ1) is 31.1. The Balaban J connectivity index is 1.59. The van der Waals surface area contributed by atoms with Crippen LogP contribution in [0.1, 0.15) is 38.4 Å². The number of halogens is 3. The van der Waals surface area contributed by atoms with Crippen LogP contribution in [0.25, 0.3) is 5.70 Å². The maximum Gasteiger partial charge on any atom is 0.416 e. The minimum absolute atomic E-state index is 0.0308. The lowest BCUT2D eigenvalue weighted by Crippen LogP contribution is -2.31. The molecule has 2 aromatic heterocycles. The second-order valence-corrected chi connectivity index (χ2v) is 10.2. The van der Waals surface area contributed by atoms with Crippen LogP contribution in [0.4, 0.5) is 30.2 Å². The summed E-state index contributed by atoms with van der Waals surface area (Å²) < 4.78 is 43.2. The number of hydrogen-bond donors (Lipinski definition) is 3. The summed E-state index contributed by atoms with van der Waals surface area (Å²) in [4.78, 5) is 19.3. The summed E-state index contributed by atoms with van der Waals surface area (Å²) in [5.41, 5.74) is 13.6. The SMILES string of the molecule is CNN(/C=C(\N)c1cnn(C)c1C)c1cc(C(=O)Nc2cc(N(C)CCc3ccccn3)cc(C(F)(F)F)c2)ccc1C. The summed E-state index contributed by atoms with van der Waals surface area (Å²) in [5, 5.41) is 8.55. The van der Waals surface area contributed by atoms with Crippen molar-refractivity contribution >= 4 is 28.7 Å². The lowest BCUT2D eigenvalue weighted by Gasteiger charge is -2.23. The van der Waals surface area contributed by atoms with E-state index in [1.165, 1.54) is 6.07 Å². The molecule has 4 rings (SSSR count). The van der Waals surface area contributed by atoms with Gasteiger partial charge in [-0.2, -0.15) is 18.3 Å². The number of hydrazine groups is 1. The molecular weight excluding hydrogens is 557 g/mol. The summed E-state index contributed by atoms with van der Waals surface area (Å²) in [6, 6.07) is 14.1. The summed E-state index contributed by atoms with van der Waals surface area (Å²) in [7, 11) is 5.23. The molecule has 1 amide bonds. The molecule has 0 spiro atoms. The third kappa shape index (κ3) is 7.52. The van der Waals surface area contributed by atoms with E-state index in [0.717, 1.165) is 34.6 Å².